The Bertz CT molecular complexity index is 994. The van der Waals surface area contributed by atoms with Gasteiger partial charge in [0, 0.05) is 32.7 Å². The molecule has 0 N–H and O–H groups in total. The first kappa shape index (κ1) is 18.2. The standard InChI is InChI=1S/C22H24N6/c1-17-8-9-20(14-18(17)2)28-24-21(15-23)22(25-28)27-12-10-26(11-13-27)16-19-6-4-3-5-7-19/h3-9,14H,10-13,16H2,1-2H3. The highest BCUT2D eigenvalue weighted by Gasteiger charge is 2.23. The van der Waals surface area contributed by atoms with Crippen LogP contribution in [0, 0.1) is 25.2 Å². The second-order valence-electron chi connectivity index (χ2n) is 7.29. The molecule has 0 atom stereocenters. The van der Waals surface area contributed by atoms with E-state index in [1.54, 1.807) is 4.80 Å². The highest BCUT2D eigenvalue weighted by Crippen LogP contribution is 2.21. The van der Waals surface area contributed by atoms with E-state index in [2.05, 4.69) is 76.3 Å². The lowest BCUT2D eigenvalue weighted by Crippen LogP contribution is -2.46. The summed E-state index contributed by atoms with van der Waals surface area (Å²) in [6.45, 7) is 8.67. The van der Waals surface area contributed by atoms with Crippen LogP contribution in [0.3, 0.4) is 0 Å². The molecule has 0 saturated carbocycles. The summed E-state index contributed by atoms with van der Waals surface area (Å²) < 4.78 is 0. The average Bonchev–Trinajstić information content (AvgIpc) is 3.16. The Morgan fingerprint density at radius 2 is 1.68 bits per heavy atom. The molecule has 0 unspecified atom stereocenters. The zero-order chi connectivity index (χ0) is 19.5. The summed E-state index contributed by atoms with van der Waals surface area (Å²) in [6.07, 6.45) is 0. The third-order valence-corrected chi connectivity index (χ3v) is 5.34. The van der Waals surface area contributed by atoms with Crippen molar-refractivity contribution in [3.63, 3.8) is 0 Å². The summed E-state index contributed by atoms with van der Waals surface area (Å²) >= 11 is 0. The van der Waals surface area contributed by atoms with Crippen LogP contribution >= 0.6 is 0 Å². The summed E-state index contributed by atoms with van der Waals surface area (Å²) in [5.41, 5.74) is 5.01. The van der Waals surface area contributed by atoms with Crippen LogP contribution in [0.4, 0.5) is 5.82 Å². The van der Waals surface area contributed by atoms with Crippen LogP contribution in [0.5, 0.6) is 0 Å². The number of aryl methyl sites for hydroxylation is 2. The molecule has 6 nitrogen and oxygen atoms in total. The van der Waals surface area contributed by atoms with Crippen LogP contribution in [0.15, 0.2) is 48.5 Å². The van der Waals surface area contributed by atoms with E-state index in [1.165, 1.54) is 16.7 Å². The summed E-state index contributed by atoms with van der Waals surface area (Å²) in [7, 11) is 0. The van der Waals surface area contributed by atoms with E-state index in [0.29, 0.717) is 11.5 Å². The van der Waals surface area contributed by atoms with Gasteiger partial charge < -0.3 is 4.90 Å². The van der Waals surface area contributed by atoms with Crippen molar-refractivity contribution in [2.45, 2.75) is 20.4 Å². The summed E-state index contributed by atoms with van der Waals surface area (Å²) in [6, 6.07) is 18.8. The molecule has 28 heavy (non-hydrogen) atoms. The molecule has 6 heteroatoms. The molecule has 2 heterocycles. The quantitative estimate of drug-likeness (QED) is 0.704. The maximum absolute atomic E-state index is 9.55. The predicted octanol–water partition coefficient (Wildman–Crippen LogP) is 3.08. The van der Waals surface area contributed by atoms with Crippen LogP contribution in [-0.2, 0) is 6.54 Å². The number of rotatable bonds is 4. The Kier molecular flexibility index (Phi) is 5.09. The molecule has 1 aliphatic heterocycles. The third kappa shape index (κ3) is 3.75. The SMILES string of the molecule is Cc1ccc(-n2nc(C#N)c(N3CCN(Cc4ccccc4)CC3)n2)cc1C. The zero-order valence-corrected chi connectivity index (χ0v) is 16.3. The van der Waals surface area contributed by atoms with Crippen molar-refractivity contribution in [1.29, 1.82) is 5.26 Å². The molecule has 4 rings (SSSR count). The fourth-order valence-corrected chi connectivity index (χ4v) is 3.51. The van der Waals surface area contributed by atoms with Gasteiger partial charge in [-0.2, -0.15) is 5.26 Å². The van der Waals surface area contributed by atoms with E-state index in [-0.39, 0.29) is 0 Å². The van der Waals surface area contributed by atoms with Crippen molar-refractivity contribution in [3.05, 3.63) is 70.9 Å². The Labute approximate surface area is 165 Å². The fourth-order valence-electron chi connectivity index (χ4n) is 3.51. The molecule has 0 aliphatic carbocycles. The summed E-state index contributed by atoms with van der Waals surface area (Å²) in [5.74, 6) is 0.681. The number of benzene rings is 2. The second kappa shape index (κ2) is 7.83. The molecule has 142 valence electrons. The summed E-state index contributed by atoms with van der Waals surface area (Å²) in [4.78, 5) is 6.19. The van der Waals surface area contributed by atoms with Crippen LogP contribution in [0.1, 0.15) is 22.4 Å². The molecule has 0 amide bonds. The summed E-state index contributed by atoms with van der Waals surface area (Å²) in [5, 5.41) is 18.6. The first-order chi connectivity index (χ1) is 13.6. The molecule has 0 spiro atoms. The minimum atomic E-state index is 0.384. The van der Waals surface area contributed by atoms with Crippen molar-refractivity contribution in [3.8, 4) is 11.8 Å². The lowest BCUT2D eigenvalue weighted by molar-refractivity contribution is 0.249. The Hall–Kier alpha value is -3.17. The number of nitrogens with zero attached hydrogens (tertiary/aromatic N) is 6. The van der Waals surface area contributed by atoms with Crippen molar-refractivity contribution in [2.24, 2.45) is 0 Å². The predicted molar refractivity (Wildman–Crippen MR) is 109 cm³/mol. The van der Waals surface area contributed by atoms with Crippen LogP contribution in [-0.4, -0.2) is 46.1 Å². The van der Waals surface area contributed by atoms with Gasteiger partial charge in [-0.05, 0) is 42.7 Å². The number of piperazine rings is 1. The minimum Gasteiger partial charge on any atom is -0.350 e. The molecular formula is C22H24N6. The van der Waals surface area contributed by atoms with Crippen molar-refractivity contribution in [1.82, 2.24) is 19.9 Å². The Morgan fingerprint density at radius 3 is 2.36 bits per heavy atom. The molecule has 1 fully saturated rings. The van der Waals surface area contributed by atoms with E-state index < -0.39 is 0 Å². The molecule has 3 aromatic rings. The normalized spacial score (nSPS) is 14.8. The fraction of sp³-hybridized carbons (Fsp3) is 0.318. The number of hydrogen-bond acceptors (Lipinski definition) is 5. The van der Waals surface area contributed by atoms with Crippen molar-refractivity contribution in [2.75, 3.05) is 31.1 Å². The maximum Gasteiger partial charge on any atom is 0.207 e. The molecule has 1 aliphatic rings. The zero-order valence-electron chi connectivity index (χ0n) is 16.3. The van der Waals surface area contributed by atoms with Gasteiger partial charge in [0.1, 0.15) is 6.07 Å². The third-order valence-electron chi connectivity index (χ3n) is 5.34. The number of aromatic nitrogens is 3. The maximum atomic E-state index is 9.55. The highest BCUT2D eigenvalue weighted by molar-refractivity contribution is 5.51. The minimum absolute atomic E-state index is 0.384. The average molecular weight is 372 g/mol. The van der Waals surface area contributed by atoms with Crippen LogP contribution in [0.25, 0.3) is 5.69 Å². The number of hydrogen-bond donors (Lipinski definition) is 0. The van der Waals surface area contributed by atoms with E-state index in [1.807, 2.05) is 12.1 Å². The van der Waals surface area contributed by atoms with E-state index in [4.69, 9.17) is 0 Å². The molecule has 1 aromatic heterocycles. The van der Waals surface area contributed by atoms with E-state index in [0.717, 1.165) is 38.4 Å². The van der Waals surface area contributed by atoms with Crippen LogP contribution < -0.4 is 4.90 Å². The molecule has 2 aromatic carbocycles. The van der Waals surface area contributed by atoms with E-state index >= 15 is 0 Å². The van der Waals surface area contributed by atoms with Gasteiger partial charge >= 0.3 is 0 Å². The van der Waals surface area contributed by atoms with Gasteiger partial charge in [-0.3, -0.25) is 4.90 Å². The molecule has 0 bridgehead atoms. The second-order valence-corrected chi connectivity index (χ2v) is 7.29. The monoisotopic (exact) mass is 372 g/mol. The van der Waals surface area contributed by atoms with Gasteiger partial charge in [0.2, 0.25) is 5.69 Å². The molecular weight excluding hydrogens is 348 g/mol. The van der Waals surface area contributed by atoms with Gasteiger partial charge in [-0.25, -0.2) is 0 Å². The first-order valence-corrected chi connectivity index (χ1v) is 9.60. The van der Waals surface area contributed by atoms with Gasteiger partial charge in [-0.1, -0.05) is 36.4 Å². The van der Waals surface area contributed by atoms with Crippen molar-refractivity contribution >= 4 is 5.82 Å². The van der Waals surface area contributed by atoms with Gasteiger partial charge in [-0.15, -0.1) is 15.0 Å². The molecule has 0 radical (unpaired) electrons. The van der Waals surface area contributed by atoms with Crippen molar-refractivity contribution < 1.29 is 0 Å². The topological polar surface area (TPSA) is 61.0 Å². The Balaban J connectivity index is 1.48. The van der Waals surface area contributed by atoms with Gasteiger partial charge in [0.15, 0.2) is 5.82 Å². The lowest BCUT2D eigenvalue weighted by Gasteiger charge is -2.34. The smallest absolute Gasteiger partial charge is 0.207 e. The first-order valence-electron chi connectivity index (χ1n) is 9.60. The largest absolute Gasteiger partial charge is 0.350 e. The lowest BCUT2D eigenvalue weighted by atomic mass is 10.1. The number of nitriles is 1. The van der Waals surface area contributed by atoms with E-state index in [9.17, 15) is 5.26 Å². The van der Waals surface area contributed by atoms with Gasteiger partial charge in [0.25, 0.3) is 0 Å². The Morgan fingerprint density at radius 1 is 0.929 bits per heavy atom. The number of anilines is 1. The van der Waals surface area contributed by atoms with Crippen LogP contribution in [0.2, 0.25) is 0 Å². The molecule has 1 saturated heterocycles. The van der Waals surface area contributed by atoms with Gasteiger partial charge in [0.05, 0.1) is 5.69 Å². The highest BCUT2D eigenvalue weighted by atomic mass is 15.5.